The van der Waals surface area contributed by atoms with Crippen LogP contribution in [0.2, 0.25) is 5.02 Å². The lowest BCUT2D eigenvalue weighted by molar-refractivity contribution is -0.384. The number of aliphatic hydroxyl groups excluding tert-OH is 1. The number of aliphatic hydroxyl groups is 1. The molecule has 0 radical (unpaired) electrons. The number of ether oxygens (including phenoxy) is 1. The van der Waals surface area contributed by atoms with Crippen molar-refractivity contribution >= 4 is 28.9 Å². The van der Waals surface area contributed by atoms with Crippen LogP contribution in [0.15, 0.2) is 18.2 Å². The number of rotatable bonds is 5. The van der Waals surface area contributed by atoms with Gasteiger partial charge in [0.05, 0.1) is 21.9 Å². The number of alkyl halides is 1. The predicted octanol–water partition coefficient (Wildman–Crippen LogP) is 2.23. The second-order valence-corrected chi connectivity index (χ2v) is 3.71. The molecule has 0 heterocycles. The van der Waals surface area contributed by atoms with Gasteiger partial charge in [-0.3, -0.25) is 10.1 Å². The van der Waals surface area contributed by atoms with E-state index in [2.05, 4.69) is 0 Å². The highest BCUT2D eigenvalue weighted by atomic mass is 35.5. The topological polar surface area (TPSA) is 72.6 Å². The molecule has 5 nitrogen and oxygen atoms in total. The lowest BCUT2D eigenvalue weighted by atomic mass is 10.3. The molecule has 7 heteroatoms. The molecule has 1 N–H and O–H groups in total. The molecule has 1 aromatic carbocycles. The summed E-state index contributed by atoms with van der Waals surface area (Å²) in [6.07, 6.45) is -0.836. The van der Waals surface area contributed by atoms with Crippen LogP contribution in [0.1, 0.15) is 0 Å². The van der Waals surface area contributed by atoms with Gasteiger partial charge in [-0.25, -0.2) is 0 Å². The Hall–Kier alpha value is -1.04. The summed E-state index contributed by atoms with van der Waals surface area (Å²) in [4.78, 5) is 9.94. The van der Waals surface area contributed by atoms with E-state index in [0.717, 1.165) is 0 Å². The summed E-state index contributed by atoms with van der Waals surface area (Å²) >= 11 is 11.1. The fourth-order valence-electron chi connectivity index (χ4n) is 0.947. The standard InChI is InChI=1S/C9H9Cl2NO4/c10-4-7(13)5-16-9-3-6(12(14)15)1-2-8(9)11/h1-3,7,13H,4-5H2. The number of nitro groups is 1. The maximum atomic E-state index is 10.5. The quantitative estimate of drug-likeness (QED) is 0.504. The van der Waals surface area contributed by atoms with Gasteiger partial charge in [0.25, 0.3) is 5.69 Å². The van der Waals surface area contributed by atoms with Crippen LogP contribution in [0.3, 0.4) is 0 Å². The van der Waals surface area contributed by atoms with Crippen molar-refractivity contribution < 1.29 is 14.8 Å². The van der Waals surface area contributed by atoms with Crippen molar-refractivity contribution in [1.82, 2.24) is 0 Å². The van der Waals surface area contributed by atoms with Crippen molar-refractivity contribution in [2.45, 2.75) is 6.10 Å². The summed E-state index contributed by atoms with van der Waals surface area (Å²) in [5.74, 6) is 0.173. The first-order valence-corrected chi connectivity index (χ1v) is 5.26. The molecular weight excluding hydrogens is 257 g/mol. The van der Waals surface area contributed by atoms with Crippen LogP contribution in [0, 0.1) is 10.1 Å². The molecule has 1 atom stereocenters. The lowest BCUT2D eigenvalue weighted by Crippen LogP contribution is -2.18. The van der Waals surface area contributed by atoms with Gasteiger partial charge >= 0.3 is 0 Å². The number of nitro benzene ring substituents is 1. The normalized spacial score (nSPS) is 12.2. The highest BCUT2D eigenvalue weighted by molar-refractivity contribution is 6.32. The van der Waals surface area contributed by atoms with Crippen molar-refractivity contribution in [1.29, 1.82) is 0 Å². The Balaban J connectivity index is 2.78. The summed E-state index contributed by atoms with van der Waals surface area (Å²) in [5.41, 5.74) is -0.125. The summed E-state index contributed by atoms with van der Waals surface area (Å²) in [5, 5.41) is 19.9. The zero-order valence-electron chi connectivity index (χ0n) is 8.10. The Morgan fingerprint density at radius 1 is 1.56 bits per heavy atom. The molecule has 0 saturated carbocycles. The fourth-order valence-corrected chi connectivity index (χ4v) is 1.21. The maximum Gasteiger partial charge on any atom is 0.273 e. The van der Waals surface area contributed by atoms with Crippen LogP contribution >= 0.6 is 23.2 Å². The number of halogens is 2. The molecule has 0 amide bonds. The first-order valence-electron chi connectivity index (χ1n) is 4.35. The van der Waals surface area contributed by atoms with E-state index in [-0.39, 0.29) is 28.9 Å². The van der Waals surface area contributed by atoms with E-state index in [4.69, 9.17) is 33.0 Å². The van der Waals surface area contributed by atoms with E-state index in [1.165, 1.54) is 18.2 Å². The van der Waals surface area contributed by atoms with E-state index in [9.17, 15) is 10.1 Å². The number of nitrogens with zero attached hydrogens (tertiary/aromatic N) is 1. The minimum Gasteiger partial charge on any atom is -0.489 e. The van der Waals surface area contributed by atoms with Crippen LogP contribution in [0.25, 0.3) is 0 Å². The number of non-ortho nitro benzene ring substituents is 1. The van der Waals surface area contributed by atoms with E-state index in [1.54, 1.807) is 0 Å². The van der Waals surface area contributed by atoms with E-state index < -0.39 is 11.0 Å². The molecule has 0 bridgehead atoms. The average molecular weight is 266 g/mol. The molecule has 1 unspecified atom stereocenters. The minimum absolute atomic E-state index is 0.0204. The summed E-state index contributed by atoms with van der Waals surface area (Å²) in [6, 6.07) is 3.83. The van der Waals surface area contributed by atoms with Gasteiger partial charge < -0.3 is 9.84 Å². The third-order valence-electron chi connectivity index (χ3n) is 1.73. The molecule has 1 rings (SSSR count). The second kappa shape index (κ2) is 5.89. The largest absolute Gasteiger partial charge is 0.489 e. The minimum atomic E-state index is -0.836. The SMILES string of the molecule is O=[N+]([O-])c1ccc(Cl)c(OCC(O)CCl)c1. The highest BCUT2D eigenvalue weighted by Crippen LogP contribution is 2.28. The Morgan fingerprint density at radius 2 is 2.25 bits per heavy atom. The molecule has 0 spiro atoms. The monoisotopic (exact) mass is 265 g/mol. The van der Waals surface area contributed by atoms with Gasteiger partial charge in [-0.1, -0.05) is 11.6 Å². The zero-order valence-corrected chi connectivity index (χ0v) is 9.61. The highest BCUT2D eigenvalue weighted by Gasteiger charge is 2.12. The molecule has 0 saturated heterocycles. The van der Waals surface area contributed by atoms with Crippen molar-refractivity contribution in [3.63, 3.8) is 0 Å². The molecule has 0 fully saturated rings. The molecule has 0 aliphatic carbocycles. The van der Waals surface area contributed by atoms with Gasteiger partial charge in [0.1, 0.15) is 18.5 Å². The summed E-state index contributed by atoms with van der Waals surface area (Å²) in [6.45, 7) is -0.0651. The van der Waals surface area contributed by atoms with Crippen molar-refractivity contribution in [2.24, 2.45) is 0 Å². The Kier molecular flexibility index (Phi) is 4.79. The first kappa shape index (κ1) is 13.0. The van der Waals surface area contributed by atoms with Crippen LogP contribution in [-0.2, 0) is 0 Å². The average Bonchev–Trinajstić information content (AvgIpc) is 2.27. The summed E-state index contributed by atoms with van der Waals surface area (Å²) < 4.78 is 5.11. The number of benzene rings is 1. The van der Waals surface area contributed by atoms with Gasteiger partial charge in [-0.15, -0.1) is 11.6 Å². The number of hydrogen-bond acceptors (Lipinski definition) is 4. The zero-order chi connectivity index (χ0) is 12.1. The predicted molar refractivity (Wildman–Crippen MR) is 60.3 cm³/mol. The van der Waals surface area contributed by atoms with Crippen LogP contribution in [0.4, 0.5) is 5.69 Å². The van der Waals surface area contributed by atoms with Crippen LogP contribution in [-0.4, -0.2) is 28.6 Å². The molecule has 1 aromatic rings. The van der Waals surface area contributed by atoms with E-state index >= 15 is 0 Å². The lowest BCUT2D eigenvalue weighted by Gasteiger charge is -2.10. The van der Waals surface area contributed by atoms with Gasteiger partial charge in [-0.2, -0.15) is 0 Å². The third kappa shape index (κ3) is 3.52. The Labute approximate surface area is 102 Å². The molecule has 0 aliphatic heterocycles. The van der Waals surface area contributed by atoms with Gasteiger partial charge in [0, 0.05) is 6.07 Å². The van der Waals surface area contributed by atoms with Crippen molar-refractivity contribution in [3.8, 4) is 5.75 Å². The fraction of sp³-hybridized carbons (Fsp3) is 0.333. The van der Waals surface area contributed by atoms with E-state index in [1.807, 2.05) is 0 Å². The number of hydrogen-bond donors (Lipinski definition) is 1. The van der Waals surface area contributed by atoms with Crippen molar-refractivity contribution in [3.05, 3.63) is 33.3 Å². The van der Waals surface area contributed by atoms with Gasteiger partial charge in [0.2, 0.25) is 0 Å². The molecule has 88 valence electrons. The van der Waals surface area contributed by atoms with E-state index in [0.29, 0.717) is 0 Å². The third-order valence-corrected chi connectivity index (χ3v) is 2.40. The first-order chi connectivity index (χ1) is 7.54. The molecular formula is C9H9Cl2NO4. The molecule has 16 heavy (non-hydrogen) atoms. The Morgan fingerprint density at radius 3 is 2.81 bits per heavy atom. The smallest absolute Gasteiger partial charge is 0.273 e. The Bertz CT molecular complexity index is 386. The molecule has 0 aliphatic rings. The van der Waals surface area contributed by atoms with Gasteiger partial charge in [0.15, 0.2) is 0 Å². The second-order valence-electron chi connectivity index (χ2n) is 2.99. The van der Waals surface area contributed by atoms with Crippen LogP contribution in [0.5, 0.6) is 5.75 Å². The van der Waals surface area contributed by atoms with Gasteiger partial charge in [-0.05, 0) is 6.07 Å². The maximum absolute atomic E-state index is 10.5. The van der Waals surface area contributed by atoms with Crippen LogP contribution < -0.4 is 4.74 Å². The van der Waals surface area contributed by atoms with Crippen molar-refractivity contribution in [2.75, 3.05) is 12.5 Å². The summed E-state index contributed by atoms with van der Waals surface area (Å²) in [7, 11) is 0. The molecule has 0 aromatic heterocycles.